The fraction of sp³-hybridized carbons (Fsp3) is 0. The molecular weight excluding hydrogens is 446 g/mol. The van der Waals surface area contributed by atoms with Crippen molar-refractivity contribution in [2.45, 2.75) is 0 Å². The molecule has 1 aromatic rings. The van der Waals surface area contributed by atoms with E-state index in [0.29, 0.717) is 0 Å². The predicted molar refractivity (Wildman–Crippen MR) is 50.3 cm³/mol. The molecule has 0 spiro atoms. The van der Waals surface area contributed by atoms with Crippen LogP contribution in [-0.4, -0.2) is 0 Å². The molecule has 0 atom stereocenters. The van der Waals surface area contributed by atoms with E-state index in [1.54, 1.807) is 0 Å². The molecule has 0 unspecified atom stereocenters. The van der Waals surface area contributed by atoms with E-state index >= 15 is 0 Å². The van der Waals surface area contributed by atoms with Crippen molar-refractivity contribution in [1.29, 1.82) is 0 Å². The van der Waals surface area contributed by atoms with Crippen LogP contribution in [0.5, 0.6) is 0 Å². The van der Waals surface area contributed by atoms with Gasteiger partial charge in [-0.2, -0.15) is 23.2 Å². The normalized spacial score (nSPS) is 9.42. The Bertz CT molecular complexity index is 272. The van der Waals surface area contributed by atoms with Crippen molar-refractivity contribution >= 4 is 58.0 Å². The van der Waals surface area contributed by atoms with Crippen molar-refractivity contribution in [1.82, 2.24) is 0 Å². The molecule has 0 aliphatic heterocycles. The van der Waals surface area contributed by atoms with Gasteiger partial charge in [0, 0.05) is 0 Å². The van der Waals surface area contributed by atoms with Gasteiger partial charge in [0.05, 0.1) is 0 Å². The van der Waals surface area contributed by atoms with Crippen LogP contribution in [-0.2, 0) is 22.4 Å². The van der Waals surface area contributed by atoms with Gasteiger partial charge in [0.1, 0.15) is 0 Å². The summed E-state index contributed by atoms with van der Waals surface area (Å²) in [7, 11) is 0. The summed E-state index contributed by atoms with van der Waals surface area (Å²) in [6.07, 6.45) is 0. The quantitative estimate of drug-likeness (QED) is 0.234. The maximum Gasteiger partial charge on any atom is 1.00 e. The zero-order chi connectivity index (χ0) is 8.59. The van der Waals surface area contributed by atoms with Gasteiger partial charge < -0.3 is 0 Å². The molecule has 1 aromatic carbocycles. The molecule has 0 bridgehead atoms. The largest absolute Gasteiger partial charge is 1.00 e. The van der Waals surface area contributed by atoms with Crippen LogP contribution in [0.3, 0.4) is 0 Å². The molecule has 0 saturated heterocycles. The van der Waals surface area contributed by atoms with Crippen LogP contribution in [0.15, 0.2) is 0 Å². The molecule has 70 valence electrons. The van der Waals surface area contributed by atoms with Crippen LogP contribution in [0.25, 0.3) is 0 Å². The molecule has 0 aliphatic carbocycles. The molecule has 0 amide bonds. The van der Waals surface area contributed by atoms with Gasteiger partial charge >= 0.3 is 22.4 Å². The Morgan fingerprint density at radius 2 is 1.00 bits per heavy atom. The van der Waals surface area contributed by atoms with Gasteiger partial charge in [-0.15, -0.1) is 40.9 Å². The molecule has 1 rings (SSSR count). The SMILES string of the molecule is Clc1[c-]c(Cl)c(Cl)c(Cl)c1Cl.[Au+]. The number of benzene rings is 1. The van der Waals surface area contributed by atoms with Gasteiger partial charge in [-0.05, 0) is 15.1 Å². The second-order valence-corrected chi connectivity index (χ2v) is 3.58. The summed E-state index contributed by atoms with van der Waals surface area (Å²) in [4.78, 5) is 0. The van der Waals surface area contributed by atoms with Crippen molar-refractivity contribution in [2.24, 2.45) is 0 Å². The third-order valence-corrected chi connectivity index (χ3v) is 3.08. The van der Waals surface area contributed by atoms with Gasteiger partial charge in [0.25, 0.3) is 0 Å². The van der Waals surface area contributed by atoms with Crippen molar-refractivity contribution in [3.8, 4) is 0 Å². The summed E-state index contributed by atoms with van der Waals surface area (Å²) in [5.41, 5.74) is 0. The van der Waals surface area contributed by atoms with Gasteiger partial charge in [-0.1, -0.05) is 10.0 Å². The summed E-state index contributed by atoms with van der Waals surface area (Å²) in [6, 6.07) is 2.53. The van der Waals surface area contributed by atoms with Crippen LogP contribution in [0, 0.1) is 6.07 Å². The average molecular weight is 446 g/mol. The van der Waals surface area contributed by atoms with Crippen LogP contribution < -0.4 is 0 Å². The molecule has 0 saturated carbocycles. The predicted octanol–water partition coefficient (Wildman–Crippen LogP) is 4.75. The molecule has 6 heteroatoms. The Morgan fingerprint density at radius 3 is 1.33 bits per heavy atom. The van der Waals surface area contributed by atoms with E-state index < -0.39 is 0 Å². The Morgan fingerprint density at radius 1 is 0.667 bits per heavy atom. The summed E-state index contributed by atoms with van der Waals surface area (Å²) in [5, 5.41) is 0.838. The van der Waals surface area contributed by atoms with E-state index in [1.165, 1.54) is 0 Å². The van der Waals surface area contributed by atoms with Crippen molar-refractivity contribution < 1.29 is 22.4 Å². The molecule has 0 aliphatic rings. The minimum atomic E-state index is 0. The Hall–Kier alpha value is 1.41. The van der Waals surface area contributed by atoms with E-state index in [2.05, 4.69) is 6.07 Å². The minimum Gasteiger partial charge on any atom is -0.164 e. The zero-order valence-electron chi connectivity index (χ0n) is 5.19. The number of halogens is 5. The molecule has 0 N–H and O–H groups in total. The van der Waals surface area contributed by atoms with E-state index in [-0.39, 0.29) is 47.5 Å². The smallest absolute Gasteiger partial charge is 0.164 e. The van der Waals surface area contributed by atoms with E-state index in [1.807, 2.05) is 0 Å². The molecular formula is C6AuCl5. The van der Waals surface area contributed by atoms with Crippen molar-refractivity contribution in [3.05, 3.63) is 31.2 Å². The Kier molecular flexibility index (Phi) is 5.96. The van der Waals surface area contributed by atoms with E-state index in [4.69, 9.17) is 58.0 Å². The second kappa shape index (κ2) is 5.33. The van der Waals surface area contributed by atoms with Gasteiger partial charge in [0.2, 0.25) is 0 Å². The number of hydrogen-bond donors (Lipinski definition) is 0. The first-order valence-electron chi connectivity index (χ1n) is 2.44. The molecule has 0 radical (unpaired) electrons. The monoisotopic (exact) mass is 444 g/mol. The molecule has 12 heavy (non-hydrogen) atoms. The first-order valence-corrected chi connectivity index (χ1v) is 4.33. The van der Waals surface area contributed by atoms with E-state index in [0.717, 1.165) is 0 Å². The number of hydrogen-bond acceptors (Lipinski definition) is 0. The van der Waals surface area contributed by atoms with Gasteiger partial charge in [-0.25, -0.2) is 0 Å². The van der Waals surface area contributed by atoms with Crippen molar-refractivity contribution in [2.75, 3.05) is 0 Å². The maximum atomic E-state index is 5.64. The summed E-state index contributed by atoms with van der Waals surface area (Å²) < 4.78 is 0. The third kappa shape index (κ3) is 2.70. The number of rotatable bonds is 0. The fourth-order valence-corrected chi connectivity index (χ4v) is 1.54. The van der Waals surface area contributed by atoms with E-state index in [9.17, 15) is 0 Å². The van der Waals surface area contributed by atoms with Crippen LogP contribution >= 0.6 is 58.0 Å². The summed E-state index contributed by atoms with van der Waals surface area (Å²) >= 11 is 28.0. The average Bonchev–Trinajstić information content (AvgIpc) is 1.97. The molecule has 0 nitrogen and oxygen atoms in total. The molecule has 0 fully saturated rings. The minimum absolute atomic E-state index is 0. The first-order chi connectivity index (χ1) is 5.04. The summed E-state index contributed by atoms with van der Waals surface area (Å²) in [5.74, 6) is 0. The first kappa shape index (κ1) is 13.4. The third-order valence-electron chi connectivity index (χ3n) is 0.990. The van der Waals surface area contributed by atoms with Crippen LogP contribution in [0.2, 0.25) is 25.1 Å². The fourth-order valence-electron chi connectivity index (χ4n) is 0.495. The molecule has 0 aromatic heterocycles. The van der Waals surface area contributed by atoms with Crippen LogP contribution in [0.1, 0.15) is 0 Å². The topological polar surface area (TPSA) is 0 Å². The Balaban J connectivity index is 0.00000121. The maximum absolute atomic E-state index is 5.64. The Labute approximate surface area is 111 Å². The van der Waals surface area contributed by atoms with Gasteiger partial charge in [0.15, 0.2) is 0 Å². The van der Waals surface area contributed by atoms with Crippen molar-refractivity contribution in [3.63, 3.8) is 0 Å². The van der Waals surface area contributed by atoms with Gasteiger partial charge in [-0.3, -0.25) is 0 Å². The molecule has 0 heterocycles. The standard InChI is InChI=1S/C6Cl5.Au/c7-2-1-3(8)5(10)6(11)4(2)9;/q-1;+1. The van der Waals surface area contributed by atoms with Crippen LogP contribution in [0.4, 0.5) is 0 Å². The zero-order valence-corrected chi connectivity index (χ0v) is 11.1. The summed E-state index contributed by atoms with van der Waals surface area (Å²) in [6.45, 7) is 0. The second-order valence-electron chi connectivity index (χ2n) is 1.69.